The van der Waals surface area contributed by atoms with E-state index in [-0.39, 0.29) is 0 Å². The average molecular weight is 250 g/mol. The van der Waals surface area contributed by atoms with Crippen LogP contribution in [0.15, 0.2) is 71.6 Å². The SMILES string of the molecule is CSc1ccccc1-c1ccc2ccccc2c1. The summed E-state index contributed by atoms with van der Waals surface area (Å²) in [5, 5.41) is 2.59. The van der Waals surface area contributed by atoms with Crippen LogP contribution in [0.1, 0.15) is 0 Å². The third-order valence-corrected chi connectivity index (χ3v) is 3.96. The van der Waals surface area contributed by atoms with E-state index in [1.807, 2.05) is 0 Å². The Labute approximate surface area is 112 Å². The number of rotatable bonds is 2. The lowest BCUT2D eigenvalue weighted by Gasteiger charge is -2.08. The van der Waals surface area contributed by atoms with Crippen molar-refractivity contribution in [3.8, 4) is 11.1 Å². The van der Waals surface area contributed by atoms with Crippen molar-refractivity contribution in [2.75, 3.05) is 6.26 Å². The van der Waals surface area contributed by atoms with Gasteiger partial charge in [0.1, 0.15) is 0 Å². The van der Waals surface area contributed by atoms with Gasteiger partial charge in [0, 0.05) is 4.90 Å². The van der Waals surface area contributed by atoms with E-state index in [2.05, 4.69) is 73.0 Å². The fourth-order valence-corrected chi connectivity index (χ4v) is 2.86. The van der Waals surface area contributed by atoms with Crippen LogP contribution in [0, 0.1) is 0 Å². The van der Waals surface area contributed by atoms with Gasteiger partial charge in [-0.15, -0.1) is 11.8 Å². The minimum Gasteiger partial charge on any atom is -0.129 e. The van der Waals surface area contributed by atoms with Gasteiger partial charge < -0.3 is 0 Å². The van der Waals surface area contributed by atoms with Gasteiger partial charge >= 0.3 is 0 Å². The van der Waals surface area contributed by atoms with Crippen molar-refractivity contribution in [3.63, 3.8) is 0 Å². The highest BCUT2D eigenvalue weighted by Gasteiger charge is 2.04. The van der Waals surface area contributed by atoms with Crippen molar-refractivity contribution >= 4 is 22.5 Å². The third-order valence-electron chi connectivity index (χ3n) is 3.17. The van der Waals surface area contributed by atoms with E-state index >= 15 is 0 Å². The molecular weight excluding hydrogens is 236 g/mol. The van der Waals surface area contributed by atoms with Gasteiger partial charge in [0.25, 0.3) is 0 Å². The molecule has 0 saturated heterocycles. The second-order valence-corrected chi connectivity index (χ2v) is 5.11. The second-order valence-electron chi connectivity index (χ2n) is 4.26. The molecule has 0 atom stereocenters. The van der Waals surface area contributed by atoms with E-state index in [1.54, 1.807) is 11.8 Å². The standard InChI is InChI=1S/C17H14S/c1-18-17-9-5-4-8-16(17)15-11-10-13-6-2-3-7-14(13)12-15/h2-12H,1H3. The topological polar surface area (TPSA) is 0 Å². The van der Waals surface area contributed by atoms with E-state index in [4.69, 9.17) is 0 Å². The lowest BCUT2D eigenvalue weighted by atomic mass is 10.0. The molecule has 18 heavy (non-hydrogen) atoms. The first-order chi connectivity index (χ1) is 8.88. The molecule has 0 saturated carbocycles. The summed E-state index contributed by atoms with van der Waals surface area (Å²) in [5.74, 6) is 0. The highest BCUT2D eigenvalue weighted by molar-refractivity contribution is 7.98. The minimum atomic E-state index is 1.29. The van der Waals surface area contributed by atoms with E-state index in [9.17, 15) is 0 Å². The van der Waals surface area contributed by atoms with E-state index in [0.29, 0.717) is 0 Å². The van der Waals surface area contributed by atoms with Gasteiger partial charge in [0.2, 0.25) is 0 Å². The normalized spacial score (nSPS) is 10.7. The van der Waals surface area contributed by atoms with Gasteiger partial charge in [-0.1, -0.05) is 54.6 Å². The molecule has 0 aliphatic heterocycles. The van der Waals surface area contributed by atoms with Crippen molar-refractivity contribution in [1.29, 1.82) is 0 Å². The molecule has 3 rings (SSSR count). The Kier molecular flexibility index (Phi) is 3.07. The molecule has 3 aromatic rings. The fraction of sp³-hybridized carbons (Fsp3) is 0.0588. The predicted molar refractivity (Wildman–Crippen MR) is 81.2 cm³/mol. The maximum atomic E-state index is 2.27. The van der Waals surface area contributed by atoms with Crippen LogP contribution in [-0.2, 0) is 0 Å². The predicted octanol–water partition coefficient (Wildman–Crippen LogP) is 5.23. The van der Waals surface area contributed by atoms with Crippen LogP contribution in [0.25, 0.3) is 21.9 Å². The fourth-order valence-electron chi connectivity index (χ4n) is 2.24. The largest absolute Gasteiger partial charge is 0.129 e. The Morgan fingerprint density at radius 1 is 0.722 bits per heavy atom. The average Bonchev–Trinajstić information content (AvgIpc) is 2.46. The molecule has 0 nitrogen and oxygen atoms in total. The molecule has 0 N–H and O–H groups in total. The van der Waals surface area contributed by atoms with Crippen LogP contribution in [0.3, 0.4) is 0 Å². The summed E-state index contributed by atoms with van der Waals surface area (Å²) < 4.78 is 0. The molecule has 1 heteroatoms. The number of fused-ring (bicyclic) bond motifs is 1. The van der Waals surface area contributed by atoms with Gasteiger partial charge in [-0.3, -0.25) is 0 Å². The third kappa shape index (κ3) is 2.02. The summed E-state index contributed by atoms with van der Waals surface area (Å²) in [7, 11) is 0. The van der Waals surface area contributed by atoms with Crippen LogP contribution in [0.5, 0.6) is 0 Å². The number of thioether (sulfide) groups is 1. The van der Waals surface area contributed by atoms with Crippen molar-refractivity contribution in [2.24, 2.45) is 0 Å². The number of hydrogen-bond donors (Lipinski definition) is 0. The molecular formula is C17H14S. The first-order valence-electron chi connectivity index (χ1n) is 6.01. The first kappa shape index (κ1) is 11.4. The van der Waals surface area contributed by atoms with Crippen molar-refractivity contribution in [2.45, 2.75) is 4.90 Å². The second kappa shape index (κ2) is 4.87. The van der Waals surface area contributed by atoms with E-state index in [0.717, 1.165) is 0 Å². The Morgan fingerprint density at radius 2 is 1.44 bits per heavy atom. The molecule has 0 aliphatic carbocycles. The molecule has 0 unspecified atom stereocenters. The molecule has 0 heterocycles. The van der Waals surface area contributed by atoms with Gasteiger partial charge in [0.05, 0.1) is 0 Å². The van der Waals surface area contributed by atoms with Crippen LogP contribution in [0.4, 0.5) is 0 Å². The highest BCUT2D eigenvalue weighted by Crippen LogP contribution is 2.31. The Bertz CT molecular complexity index is 686. The first-order valence-corrected chi connectivity index (χ1v) is 7.23. The van der Waals surface area contributed by atoms with Crippen molar-refractivity contribution in [1.82, 2.24) is 0 Å². The molecule has 0 amide bonds. The summed E-state index contributed by atoms with van der Waals surface area (Å²) in [6.07, 6.45) is 2.12. The molecule has 0 spiro atoms. The maximum absolute atomic E-state index is 2.27. The van der Waals surface area contributed by atoms with E-state index < -0.39 is 0 Å². The Balaban J connectivity index is 2.19. The maximum Gasteiger partial charge on any atom is 0.0148 e. The summed E-state index contributed by atoms with van der Waals surface area (Å²) in [6.45, 7) is 0. The quantitative estimate of drug-likeness (QED) is 0.561. The molecule has 0 fully saturated rings. The summed E-state index contributed by atoms with van der Waals surface area (Å²) in [6, 6.07) is 23.7. The number of hydrogen-bond acceptors (Lipinski definition) is 1. The molecule has 88 valence electrons. The summed E-state index contributed by atoms with van der Waals surface area (Å²) in [4.78, 5) is 1.33. The van der Waals surface area contributed by atoms with Crippen LogP contribution >= 0.6 is 11.8 Å². The summed E-state index contributed by atoms with van der Waals surface area (Å²) in [5.41, 5.74) is 2.61. The molecule has 0 bridgehead atoms. The van der Waals surface area contributed by atoms with E-state index in [1.165, 1.54) is 26.8 Å². The Hall–Kier alpha value is -1.73. The minimum absolute atomic E-state index is 1.29. The highest BCUT2D eigenvalue weighted by atomic mass is 32.2. The summed E-state index contributed by atoms with van der Waals surface area (Å²) >= 11 is 1.80. The van der Waals surface area contributed by atoms with Crippen molar-refractivity contribution < 1.29 is 0 Å². The van der Waals surface area contributed by atoms with Crippen LogP contribution < -0.4 is 0 Å². The zero-order chi connectivity index (χ0) is 12.4. The molecule has 0 radical (unpaired) electrons. The molecule has 0 aromatic heterocycles. The van der Waals surface area contributed by atoms with Gasteiger partial charge in [-0.2, -0.15) is 0 Å². The number of benzene rings is 3. The van der Waals surface area contributed by atoms with Crippen LogP contribution in [-0.4, -0.2) is 6.26 Å². The lowest BCUT2D eigenvalue weighted by Crippen LogP contribution is -1.82. The Morgan fingerprint density at radius 3 is 2.28 bits per heavy atom. The monoisotopic (exact) mass is 250 g/mol. The van der Waals surface area contributed by atoms with Gasteiger partial charge in [0.15, 0.2) is 0 Å². The zero-order valence-corrected chi connectivity index (χ0v) is 11.1. The van der Waals surface area contributed by atoms with Crippen LogP contribution in [0.2, 0.25) is 0 Å². The smallest absolute Gasteiger partial charge is 0.0148 e. The zero-order valence-electron chi connectivity index (χ0n) is 10.3. The molecule has 3 aromatic carbocycles. The van der Waals surface area contributed by atoms with Gasteiger partial charge in [-0.25, -0.2) is 0 Å². The lowest BCUT2D eigenvalue weighted by molar-refractivity contribution is 1.45. The molecule has 0 aliphatic rings. The van der Waals surface area contributed by atoms with Gasteiger partial charge in [-0.05, 0) is 40.3 Å². The van der Waals surface area contributed by atoms with Crippen molar-refractivity contribution in [3.05, 3.63) is 66.7 Å².